The number of fused-ring (bicyclic) bond motifs is 2. The normalized spacial score (nSPS) is 28.5. The van der Waals surface area contributed by atoms with Crippen LogP contribution in [0.1, 0.15) is 43.0 Å². The highest BCUT2D eigenvalue weighted by molar-refractivity contribution is 7.89. The van der Waals surface area contributed by atoms with E-state index in [1.54, 1.807) is 6.92 Å². The van der Waals surface area contributed by atoms with Crippen LogP contribution in [0.15, 0.2) is 11.2 Å². The summed E-state index contributed by atoms with van der Waals surface area (Å²) in [6.45, 7) is 2.14. The number of sulfonamides is 1. The minimum absolute atomic E-state index is 0.0979. The lowest BCUT2D eigenvalue weighted by molar-refractivity contribution is 0.00966. The van der Waals surface area contributed by atoms with Crippen molar-refractivity contribution in [1.82, 2.24) is 14.5 Å². The van der Waals surface area contributed by atoms with Crippen molar-refractivity contribution in [3.8, 4) is 0 Å². The maximum absolute atomic E-state index is 13.0. The van der Waals surface area contributed by atoms with Crippen molar-refractivity contribution in [2.75, 3.05) is 13.2 Å². The Hall–Kier alpha value is -1.45. The van der Waals surface area contributed by atoms with Gasteiger partial charge in [-0.05, 0) is 38.5 Å². The van der Waals surface area contributed by atoms with Gasteiger partial charge in [0.25, 0.3) is 10.0 Å². The lowest BCUT2D eigenvalue weighted by atomic mass is 9.79. The number of aromatic nitrogens is 2. The third-order valence-electron chi connectivity index (χ3n) is 4.68. The molecule has 1 saturated carbocycles. The van der Waals surface area contributed by atoms with Gasteiger partial charge in [-0.25, -0.2) is 13.2 Å². The van der Waals surface area contributed by atoms with Gasteiger partial charge in [0.1, 0.15) is 5.56 Å². The number of nitrogens with zero attached hydrogens (tertiary/aromatic N) is 2. The molecule has 2 aliphatic rings. The zero-order chi connectivity index (χ0) is 16.6. The fourth-order valence-electron chi connectivity index (χ4n) is 3.50. The maximum atomic E-state index is 13.0. The van der Waals surface area contributed by atoms with Gasteiger partial charge < -0.3 is 9.84 Å². The first-order valence-electron chi connectivity index (χ1n) is 7.85. The van der Waals surface area contributed by atoms with Gasteiger partial charge in [-0.2, -0.15) is 9.40 Å². The first kappa shape index (κ1) is 16.4. The largest absolute Gasteiger partial charge is 0.462 e. The molecular weight excluding hydrogens is 322 g/mol. The third kappa shape index (κ3) is 2.88. The minimum Gasteiger partial charge on any atom is -0.462 e. The zero-order valence-electron chi connectivity index (χ0n) is 12.9. The van der Waals surface area contributed by atoms with E-state index in [9.17, 15) is 18.3 Å². The molecule has 3 atom stereocenters. The summed E-state index contributed by atoms with van der Waals surface area (Å²) >= 11 is 0. The van der Waals surface area contributed by atoms with E-state index in [1.807, 2.05) is 0 Å². The van der Waals surface area contributed by atoms with Crippen LogP contribution < -0.4 is 0 Å². The minimum atomic E-state index is -3.94. The zero-order valence-corrected chi connectivity index (χ0v) is 13.8. The summed E-state index contributed by atoms with van der Waals surface area (Å²) in [4.78, 5) is 11.9. The molecule has 3 rings (SSSR count). The molecule has 0 spiro atoms. The third-order valence-corrected chi connectivity index (χ3v) is 6.58. The van der Waals surface area contributed by atoms with Crippen LogP contribution >= 0.6 is 0 Å². The van der Waals surface area contributed by atoms with E-state index in [2.05, 4.69) is 10.2 Å². The Morgan fingerprint density at radius 3 is 3.00 bits per heavy atom. The summed E-state index contributed by atoms with van der Waals surface area (Å²) in [5, 5.41) is 16.0. The van der Waals surface area contributed by atoms with Crippen molar-refractivity contribution >= 4 is 16.0 Å². The van der Waals surface area contributed by atoms with E-state index >= 15 is 0 Å². The van der Waals surface area contributed by atoms with E-state index in [4.69, 9.17) is 4.74 Å². The van der Waals surface area contributed by atoms with Crippen molar-refractivity contribution in [3.05, 3.63) is 11.8 Å². The number of ether oxygens (including phenoxy) is 1. The molecule has 3 unspecified atom stereocenters. The molecule has 2 bridgehead atoms. The van der Waals surface area contributed by atoms with Crippen LogP contribution in [0, 0.1) is 5.92 Å². The van der Waals surface area contributed by atoms with E-state index in [1.165, 1.54) is 4.31 Å². The lowest BCUT2D eigenvalue weighted by Gasteiger charge is -2.44. The number of esters is 1. The predicted molar refractivity (Wildman–Crippen MR) is 80.2 cm³/mol. The summed E-state index contributed by atoms with van der Waals surface area (Å²) < 4.78 is 32.1. The highest BCUT2D eigenvalue weighted by atomic mass is 32.2. The monoisotopic (exact) mass is 343 g/mol. The Morgan fingerprint density at radius 1 is 1.48 bits per heavy atom. The molecule has 9 heteroatoms. The van der Waals surface area contributed by atoms with Gasteiger partial charge >= 0.3 is 5.97 Å². The first-order valence-corrected chi connectivity index (χ1v) is 9.29. The number of piperidine rings is 1. The Labute approximate surface area is 134 Å². The molecule has 8 nitrogen and oxygen atoms in total. The molecule has 2 fully saturated rings. The van der Waals surface area contributed by atoms with Gasteiger partial charge in [0, 0.05) is 6.54 Å². The average molecular weight is 343 g/mol. The van der Waals surface area contributed by atoms with Gasteiger partial charge in [0.2, 0.25) is 0 Å². The number of aliphatic hydroxyl groups is 1. The topological polar surface area (TPSA) is 113 Å². The van der Waals surface area contributed by atoms with E-state index in [0.717, 1.165) is 19.0 Å². The Kier molecular flexibility index (Phi) is 4.43. The molecule has 1 aliphatic heterocycles. The van der Waals surface area contributed by atoms with Crippen molar-refractivity contribution in [2.45, 2.75) is 49.8 Å². The average Bonchev–Trinajstić information content (AvgIpc) is 3.02. The van der Waals surface area contributed by atoms with Crippen LogP contribution in [-0.2, 0) is 14.8 Å². The molecule has 1 aromatic heterocycles. The van der Waals surface area contributed by atoms with E-state index in [-0.39, 0.29) is 17.2 Å². The number of rotatable bonds is 4. The van der Waals surface area contributed by atoms with Crippen LogP contribution in [-0.4, -0.2) is 59.3 Å². The quantitative estimate of drug-likeness (QED) is 0.770. The number of H-pyrrole nitrogens is 1. The summed E-state index contributed by atoms with van der Waals surface area (Å²) in [5.74, 6) is -0.264. The van der Waals surface area contributed by atoms with Gasteiger partial charge in [-0.15, -0.1) is 0 Å². The molecule has 2 heterocycles. The molecular formula is C14H21N3O5S. The summed E-state index contributed by atoms with van der Waals surface area (Å²) in [7, 11) is -3.94. The van der Waals surface area contributed by atoms with Crippen LogP contribution in [0.3, 0.4) is 0 Å². The molecule has 1 saturated heterocycles. The smallest absolute Gasteiger partial charge is 0.342 e. The van der Waals surface area contributed by atoms with Crippen molar-refractivity contribution in [2.24, 2.45) is 5.92 Å². The number of aliphatic hydroxyl groups excluding tert-OH is 1. The van der Waals surface area contributed by atoms with Crippen molar-refractivity contribution in [1.29, 1.82) is 0 Å². The molecule has 23 heavy (non-hydrogen) atoms. The Morgan fingerprint density at radius 2 is 2.26 bits per heavy atom. The summed E-state index contributed by atoms with van der Waals surface area (Å²) in [6.07, 6.45) is 3.46. The second-order valence-corrected chi connectivity index (χ2v) is 7.88. The number of hydrogen-bond donors (Lipinski definition) is 2. The van der Waals surface area contributed by atoms with Gasteiger partial charge in [0.05, 0.1) is 24.9 Å². The van der Waals surface area contributed by atoms with Crippen molar-refractivity contribution < 1.29 is 23.1 Å². The summed E-state index contributed by atoms with van der Waals surface area (Å²) in [6, 6.07) is -0.439. The van der Waals surface area contributed by atoms with Crippen LogP contribution in [0.4, 0.5) is 0 Å². The second kappa shape index (κ2) is 6.21. The van der Waals surface area contributed by atoms with E-state index in [0.29, 0.717) is 25.3 Å². The second-order valence-electron chi connectivity index (χ2n) is 6.05. The highest BCUT2D eigenvalue weighted by Crippen LogP contribution is 2.37. The number of hydrogen-bond acceptors (Lipinski definition) is 6. The predicted octanol–water partition coefficient (Wildman–Crippen LogP) is 0.510. The maximum Gasteiger partial charge on any atom is 0.342 e. The van der Waals surface area contributed by atoms with Crippen LogP contribution in [0.5, 0.6) is 0 Å². The first-order chi connectivity index (χ1) is 10.9. The fraction of sp³-hybridized carbons (Fsp3) is 0.714. The molecule has 128 valence electrons. The van der Waals surface area contributed by atoms with Crippen LogP contribution in [0.25, 0.3) is 0 Å². The molecule has 0 aromatic carbocycles. The number of carbonyl (C=O) groups is 1. The van der Waals surface area contributed by atoms with Crippen molar-refractivity contribution in [3.63, 3.8) is 0 Å². The Balaban J connectivity index is 1.93. The fourth-order valence-corrected chi connectivity index (χ4v) is 5.25. The van der Waals surface area contributed by atoms with Gasteiger partial charge in [-0.1, -0.05) is 0 Å². The Bertz CT molecular complexity index is 686. The number of nitrogens with one attached hydrogen (secondary N) is 1. The summed E-state index contributed by atoms with van der Waals surface area (Å²) in [5.41, 5.74) is -0.0979. The molecule has 0 radical (unpaired) electrons. The lowest BCUT2D eigenvalue weighted by Crippen LogP contribution is -2.54. The number of aromatic amines is 1. The molecule has 1 aromatic rings. The number of carbonyl (C=O) groups excluding carboxylic acids is 1. The highest BCUT2D eigenvalue weighted by Gasteiger charge is 2.44. The molecule has 0 amide bonds. The standard InChI is InChI=1S/C14H21N3O5S/c1-2-22-14(19)10-8-15-16-13(10)23(20,21)17-6-5-9-3-4-12(18)11(17)7-9/h8-9,11-12,18H,2-7H2,1H3,(H,15,16). The van der Waals surface area contributed by atoms with Crippen LogP contribution in [0.2, 0.25) is 0 Å². The molecule has 2 N–H and O–H groups in total. The van der Waals surface area contributed by atoms with E-state index < -0.39 is 28.1 Å². The van der Waals surface area contributed by atoms with Gasteiger partial charge in [-0.3, -0.25) is 5.10 Å². The SMILES string of the molecule is CCOC(=O)c1cn[nH]c1S(=O)(=O)N1CCC2CCC(O)C1C2. The molecule has 1 aliphatic carbocycles. The van der Waals surface area contributed by atoms with Gasteiger partial charge in [0.15, 0.2) is 5.03 Å².